The molecule has 1 saturated heterocycles. The molecule has 8 heteroatoms. The lowest BCUT2D eigenvalue weighted by Gasteiger charge is -2.19. The van der Waals surface area contributed by atoms with Crippen LogP contribution in [-0.2, 0) is 22.6 Å². The lowest BCUT2D eigenvalue weighted by Crippen LogP contribution is -2.44. The third-order valence-electron chi connectivity index (χ3n) is 5.93. The monoisotopic (exact) mass is 409 g/mol. The van der Waals surface area contributed by atoms with Gasteiger partial charge >= 0.3 is 6.03 Å². The number of urea groups is 1. The Bertz CT molecular complexity index is 918. The Morgan fingerprint density at radius 1 is 1.17 bits per heavy atom. The number of carbonyl (C=O) groups is 3. The molecule has 4 rings (SSSR count). The Labute approximate surface area is 175 Å². The molecule has 2 N–H and O–H groups in total. The minimum atomic E-state index is -0.719. The molecule has 1 aliphatic carbocycles. The third-order valence-corrected chi connectivity index (χ3v) is 5.93. The molecule has 1 saturated carbocycles. The predicted molar refractivity (Wildman–Crippen MR) is 111 cm³/mol. The van der Waals surface area contributed by atoms with Crippen LogP contribution in [0, 0.1) is 0 Å². The molecule has 158 valence electrons. The van der Waals surface area contributed by atoms with Crippen LogP contribution >= 0.6 is 0 Å². The number of nitrogens with one attached hydrogen (secondary N) is 2. The second-order valence-electron chi connectivity index (χ2n) is 7.98. The summed E-state index contributed by atoms with van der Waals surface area (Å²) in [5.74, 6) is 0.543. The Balaban J connectivity index is 1.22. The van der Waals surface area contributed by atoms with Crippen molar-refractivity contribution in [1.82, 2.24) is 25.1 Å². The number of nitrogens with zero attached hydrogens (tertiary/aromatic N) is 3. The van der Waals surface area contributed by atoms with E-state index in [0.717, 1.165) is 25.2 Å². The van der Waals surface area contributed by atoms with E-state index < -0.39 is 5.54 Å². The Hall–Kier alpha value is -3.16. The van der Waals surface area contributed by atoms with Crippen LogP contribution in [-0.4, -0.2) is 50.9 Å². The first kappa shape index (κ1) is 20.1. The first-order valence-electron chi connectivity index (χ1n) is 10.5. The topological polar surface area (TPSA) is 96.3 Å². The molecule has 2 fully saturated rings. The average Bonchev–Trinajstić information content (AvgIpc) is 3.44. The second kappa shape index (κ2) is 8.69. The molecule has 0 bridgehead atoms. The zero-order chi connectivity index (χ0) is 21.0. The van der Waals surface area contributed by atoms with Crippen molar-refractivity contribution in [2.24, 2.45) is 0 Å². The maximum atomic E-state index is 12.6. The molecular formula is C22H27N5O3. The predicted octanol–water partition coefficient (Wildman–Crippen LogP) is 1.84. The smallest absolute Gasteiger partial charge is 0.325 e. The Morgan fingerprint density at radius 3 is 2.70 bits per heavy atom. The van der Waals surface area contributed by atoms with Gasteiger partial charge in [-0.05, 0) is 18.4 Å². The van der Waals surface area contributed by atoms with E-state index >= 15 is 0 Å². The summed E-state index contributed by atoms with van der Waals surface area (Å²) in [7, 11) is 0. The fourth-order valence-electron chi connectivity index (χ4n) is 4.30. The highest BCUT2D eigenvalue weighted by molar-refractivity contribution is 6.07. The van der Waals surface area contributed by atoms with Crippen LogP contribution in [0.25, 0.3) is 0 Å². The van der Waals surface area contributed by atoms with Gasteiger partial charge in [0.15, 0.2) is 0 Å². The van der Waals surface area contributed by atoms with Crippen molar-refractivity contribution in [2.45, 2.75) is 50.6 Å². The van der Waals surface area contributed by atoms with Crippen LogP contribution in [0.3, 0.4) is 0 Å². The second-order valence-corrected chi connectivity index (χ2v) is 7.98. The summed E-state index contributed by atoms with van der Waals surface area (Å²) in [6.45, 7) is 1.30. The fraction of sp³-hybridized carbons (Fsp3) is 0.455. The SMILES string of the molecule is O=C(CCN1C(=O)NC2(CCCC2)C1=O)NCCc1nccn1Cc1ccccc1. The van der Waals surface area contributed by atoms with E-state index in [1.807, 2.05) is 24.4 Å². The molecule has 2 heterocycles. The zero-order valence-corrected chi connectivity index (χ0v) is 17.0. The highest BCUT2D eigenvalue weighted by atomic mass is 16.2. The first-order valence-corrected chi connectivity index (χ1v) is 10.5. The summed E-state index contributed by atoms with van der Waals surface area (Å²) in [5.41, 5.74) is 0.470. The largest absolute Gasteiger partial charge is 0.356 e. The van der Waals surface area contributed by atoms with Gasteiger partial charge in [0.1, 0.15) is 11.4 Å². The highest BCUT2D eigenvalue weighted by Crippen LogP contribution is 2.34. The molecule has 30 heavy (non-hydrogen) atoms. The summed E-state index contributed by atoms with van der Waals surface area (Å²) in [4.78, 5) is 42.6. The van der Waals surface area contributed by atoms with Crippen LogP contribution < -0.4 is 10.6 Å². The van der Waals surface area contributed by atoms with E-state index in [1.54, 1.807) is 6.20 Å². The van der Waals surface area contributed by atoms with Gasteiger partial charge in [-0.25, -0.2) is 9.78 Å². The lowest BCUT2D eigenvalue weighted by atomic mass is 9.98. The standard InChI is InChI=1S/C22H27N5O3/c28-19(9-14-27-20(29)22(25-21(27)30)10-4-5-11-22)24-12-8-18-23-13-15-26(18)16-17-6-2-1-3-7-17/h1-3,6-7,13,15H,4-5,8-12,14,16H2,(H,24,28)(H,25,30). The molecule has 0 unspecified atom stereocenters. The Morgan fingerprint density at radius 2 is 1.93 bits per heavy atom. The van der Waals surface area contributed by atoms with Gasteiger partial charge in [-0.2, -0.15) is 0 Å². The van der Waals surface area contributed by atoms with Gasteiger partial charge in [0, 0.05) is 44.9 Å². The minimum absolute atomic E-state index is 0.105. The van der Waals surface area contributed by atoms with Gasteiger partial charge < -0.3 is 15.2 Å². The fourth-order valence-corrected chi connectivity index (χ4v) is 4.30. The van der Waals surface area contributed by atoms with Crippen molar-refractivity contribution in [1.29, 1.82) is 0 Å². The van der Waals surface area contributed by atoms with E-state index in [0.29, 0.717) is 25.8 Å². The number of aromatic nitrogens is 2. The van der Waals surface area contributed by atoms with Crippen molar-refractivity contribution in [3.63, 3.8) is 0 Å². The van der Waals surface area contributed by atoms with E-state index in [4.69, 9.17) is 0 Å². The summed E-state index contributed by atoms with van der Waals surface area (Å²) in [6.07, 6.45) is 7.68. The maximum absolute atomic E-state index is 12.6. The number of hydrogen-bond donors (Lipinski definition) is 2. The molecule has 8 nitrogen and oxygen atoms in total. The number of imidazole rings is 1. The zero-order valence-electron chi connectivity index (χ0n) is 17.0. The van der Waals surface area contributed by atoms with Crippen LogP contribution in [0.5, 0.6) is 0 Å². The van der Waals surface area contributed by atoms with Crippen LogP contribution in [0.2, 0.25) is 0 Å². The quantitative estimate of drug-likeness (QED) is 0.651. The summed E-state index contributed by atoms with van der Waals surface area (Å²) >= 11 is 0. The van der Waals surface area contributed by atoms with Gasteiger partial charge in [-0.15, -0.1) is 0 Å². The highest BCUT2D eigenvalue weighted by Gasteiger charge is 2.52. The van der Waals surface area contributed by atoms with Crippen molar-refractivity contribution >= 4 is 17.8 Å². The lowest BCUT2D eigenvalue weighted by molar-refractivity contribution is -0.131. The molecule has 4 amide bonds. The molecular weight excluding hydrogens is 382 g/mol. The normalized spacial score (nSPS) is 17.5. The van der Waals surface area contributed by atoms with Crippen LogP contribution in [0.1, 0.15) is 43.5 Å². The summed E-state index contributed by atoms with van der Waals surface area (Å²) < 4.78 is 2.07. The van der Waals surface area contributed by atoms with Crippen molar-refractivity contribution in [2.75, 3.05) is 13.1 Å². The average molecular weight is 409 g/mol. The van der Waals surface area contributed by atoms with E-state index in [2.05, 4.69) is 32.3 Å². The Kier molecular flexibility index (Phi) is 5.83. The number of carbonyl (C=O) groups excluding carboxylic acids is 3. The van der Waals surface area contributed by atoms with Gasteiger partial charge in [-0.3, -0.25) is 14.5 Å². The number of benzene rings is 1. The molecule has 1 aromatic heterocycles. The number of imide groups is 1. The maximum Gasteiger partial charge on any atom is 0.325 e. The first-order chi connectivity index (χ1) is 14.6. The van der Waals surface area contributed by atoms with Gasteiger partial charge in [0.2, 0.25) is 5.91 Å². The molecule has 0 radical (unpaired) electrons. The number of hydrogen-bond acceptors (Lipinski definition) is 4. The van der Waals surface area contributed by atoms with Crippen molar-refractivity contribution < 1.29 is 14.4 Å². The van der Waals surface area contributed by atoms with Crippen molar-refractivity contribution in [3.8, 4) is 0 Å². The van der Waals surface area contributed by atoms with Gasteiger partial charge in [0.05, 0.1) is 0 Å². The summed E-state index contributed by atoms with van der Waals surface area (Å²) in [6, 6.07) is 9.75. The van der Waals surface area contributed by atoms with Crippen LogP contribution in [0.4, 0.5) is 4.79 Å². The minimum Gasteiger partial charge on any atom is -0.356 e. The molecule has 0 atom stereocenters. The number of amides is 4. The van der Waals surface area contributed by atoms with E-state index in [-0.39, 0.29) is 30.8 Å². The molecule has 1 aromatic carbocycles. The molecule has 2 aromatic rings. The molecule has 1 aliphatic heterocycles. The number of rotatable bonds is 8. The van der Waals surface area contributed by atoms with Gasteiger partial charge in [-0.1, -0.05) is 43.2 Å². The van der Waals surface area contributed by atoms with E-state index in [9.17, 15) is 14.4 Å². The third kappa shape index (κ3) is 4.22. The van der Waals surface area contributed by atoms with Crippen LogP contribution in [0.15, 0.2) is 42.7 Å². The molecule has 1 spiro atoms. The molecule has 2 aliphatic rings. The van der Waals surface area contributed by atoms with Gasteiger partial charge in [0.25, 0.3) is 5.91 Å². The van der Waals surface area contributed by atoms with Crippen molar-refractivity contribution in [3.05, 3.63) is 54.1 Å². The van der Waals surface area contributed by atoms with E-state index in [1.165, 1.54) is 10.5 Å². The summed E-state index contributed by atoms with van der Waals surface area (Å²) in [5, 5.41) is 5.70.